The van der Waals surface area contributed by atoms with E-state index < -0.39 is 11.7 Å². The van der Waals surface area contributed by atoms with Gasteiger partial charge in [-0.15, -0.1) is 5.10 Å². The fraction of sp³-hybridized carbons (Fsp3) is 0.294. The van der Waals surface area contributed by atoms with Crippen LogP contribution in [-0.4, -0.2) is 27.0 Å². The lowest BCUT2D eigenvalue weighted by molar-refractivity contribution is -0.122. The molecule has 3 aromatic rings. The Morgan fingerprint density at radius 1 is 1.40 bits per heavy atom. The number of hydrogen-bond donors (Lipinski definition) is 1. The van der Waals surface area contributed by atoms with Gasteiger partial charge in [0.1, 0.15) is 11.3 Å². The van der Waals surface area contributed by atoms with Crippen LogP contribution in [-0.2, 0) is 18.3 Å². The number of carbonyl (C=O) groups is 1. The van der Waals surface area contributed by atoms with Crippen LogP contribution in [0.2, 0.25) is 0 Å². The van der Waals surface area contributed by atoms with Crippen LogP contribution >= 0.6 is 0 Å². The van der Waals surface area contributed by atoms with E-state index in [0.717, 1.165) is 17.4 Å². The first-order chi connectivity index (χ1) is 12.0. The Morgan fingerprint density at radius 3 is 2.88 bits per heavy atom. The van der Waals surface area contributed by atoms with Gasteiger partial charge in [0.15, 0.2) is 11.9 Å². The van der Waals surface area contributed by atoms with Gasteiger partial charge in [0.25, 0.3) is 5.91 Å². The summed E-state index contributed by atoms with van der Waals surface area (Å²) in [5.41, 5.74) is 0.935. The van der Waals surface area contributed by atoms with Gasteiger partial charge in [-0.05, 0) is 31.0 Å². The fourth-order valence-corrected chi connectivity index (χ4v) is 2.46. The van der Waals surface area contributed by atoms with Gasteiger partial charge in [-0.1, -0.05) is 6.92 Å². The number of rotatable bonds is 5. The SMILES string of the molecule is CCc1cc(=O)oc2cc(OC(C)C(=O)Nc3cnn(C)n3)ccc12. The number of hydrogen-bond acceptors (Lipinski definition) is 6. The summed E-state index contributed by atoms with van der Waals surface area (Å²) in [5, 5.41) is 11.3. The molecule has 1 atom stereocenters. The third kappa shape index (κ3) is 3.68. The van der Waals surface area contributed by atoms with Gasteiger partial charge in [0, 0.05) is 24.6 Å². The quantitative estimate of drug-likeness (QED) is 0.711. The maximum Gasteiger partial charge on any atom is 0.336 e. The summed E-state index contributed by atoms with van der Waals surface area (Å²) in [7, 11) is 1.66. The van der Waals surface area contributed by atoms with Crippen molar-refractivity contribution in [2.75, 3.05) is 5.32 Å². The highest BCUT2D eigenvalue weighted by molar-refractivity contribution is 5.93. The van der Waals surface area contributed by atoms with Gasteiger partial charge >= 0.3 is 5.63 Å². The van der Waals surface area contributed by atoms with E-state index in [9.17, 15) is 9.59 Å². The number of nitrogens with one attached hydrogen (secondary N) is 1. The first-order valence-corrected chi connectivity index (χ1v) is 7.87. The van der Waals surface area contributed by atoms with Crippen molar-refractivity contribution in [2.24, 2.45) is 7.05 Å². The Balaban J connectivity index is 1.77. The molecule has 1 amide bonds. The van der Waals surface area contributed by atoms with Gasteiger partial charge in [-0.2, -0.15) is 9.90 Å². The second-order valence-corrected chi connectivity index (χ2v) is 5.57. The molecule has 1 N–H and O–H groups in total. The van der Waals surface area contributed by atoms with Crippen molar-refractivity contribution in [1.29, 1.82) is 0 Å². The highest BCUT2D eigenvalue weighted by Crippen LogP contribution is 2.23. The summed E-state index contributed by atoms with van der Waals surface area (Å²) in [6, 6.07) is 6.66. The van der Waals surface area contributed by atoms with Crippen LogP contribution in [0.15, 0.2) is 39.7 Å². The Kier molecular flexibility index (Phi) is 4.51. The number of benzene rings is 1. The van der Waals surface area contributed by atoms with E-state index in [0.29, 0.717) is 17.2 Å². The summed E-state index contributed by atoms with van der Waals surface area (Å²) in [4.78, 5) is 25.1. The van der Waals surface area contributed by atoms with Crippen molar-refractivity contribution in [3.05, 3.63) is 46.4 Å². The standard InChI is InChI=1S/C17H18N4O4/c1-4-11-7-16(22)25-14-8-12(5-6-13(11)14)24-10(2)17(23)19-15-9-18-21(3)20-15/h5-10H,4H2,1-3H3,(H,19,20,23). The highest BCUT2D eigenvalue weighted by atomic mass is 16.5. The average molecular weight is 342 g/mol. The number of amides is 1. The second kappa shape index (κ2) is 6.76. The number of nitrogens with zero attached hydrogens (tertiary/aromatic N) is 3. The normalized spacial score (nSPS) is 12.1. The minimum absolute atomic E-state index is 0.347. The smallest absolute Gasteiger partial charge is 0.336 e. The molecule has 0 saturated carbocycles. The molecule has 0 aliphatic heterocycles. The van der Waals surface area contributed by atoms with Gasteiger partial charge < -0.3 is 14.5 Å². The van der Waals surface area contributed by atoms with E-state index in [-0.39, 0.29) is 5.91 Å². The average Bonchev–Trinajstić information content (AvgIpc) is 2.98. The molecular weight excluding hydrogens is 324 g/mol. The van der Waals surface area contributed by atoms with E-state index >= 15 is 0 Å². The summed E-state index contributed by atoms with van der Waals surface area (Å²) < 4.78 is 10.9. The van der Waals surface area contributed by atoms with Crippen molar-refractivity contribution in [3.8, 4) is 5.75 Å². The number of carbonyl (C=O) groups excluding carboxylic acids is 1. The molecule has 2 heterocycles. The Morgan fingerprint density at radius 2 is 2.20 bits per heavy atom. The molecule has 0 radical (unpaired) electrons. The largest absolute Gasteiger partial charge is 0.481 e. The number of aryl methyl sites for hydroxylation is 2. The maximum absolute atomic E-state index is 12.2. The molecule has 0 spiro atoms. The van der Waals surface area contributed by atoms with Gasteiger partial charge in [-0.3, -0.25) is 4.79 Å². The number of ether oxygens (including phenoxy) is 1. The molecular formula is C17H18N4O4. The third-order valence-electron chi connectivity index (χ3n) is 3.72. The molecule has 0 saturated heterocycles. The van der Waals surface area contributed by atoms with Crippen LogP contribution in [0.3, 0.4) is 0 Å². The van der Waals surface area contributed by atoms with E-state index in [1.54, 1.807) is 26.1 Å². The van der Waals surface area contributed by atoms with E-state index in [1.165, 1.54) is 17.1 Å². The van der Waals surface area contributed by atoms with Crippen LogP contribution in [0.1, 0.15) is 19.4 Å². The zero-order chi connectivity index (χ0) is 18.0. The molecule has 8 nitrogen and oxygen atoms in total. The van der Waals surface area contributed by atoms with Crippen molar-refractivity contribution >= 4 is 22.7 Å². The summed E-state index contributed by atoms with van der Waals surface area (Å²) in [6.45, 7) is 3.59. The van der Waals surface area contributed by atoms with Crippen LogP contribution in [0.5, 0.6) is 5.75 Å². The van der Waals surface area contributed by atoms with Gasteiger partial charge in [0.2, 0.25) is 0 Å². The first kappa shape index (κ1) is 16.7. The molecule has 2 aromatic heterocycles. The zero-order valence-corrected chi connectivity index (χ0v) is 14.1. The molecule has 0 aliphatic rings. The fourth-order valence-electron chi connectivity index (χ4n) is 2.46. The third-order valence-corrected chi connectivity index (χ3v) is 3.72. The summed E-state index contributed by atoms with van der Waals surface area (Å²) in [5.74, 6) is 0.426. The minimum atomic E-state index is -0.763. The van der Waals surface area contributed by atoms with Gasteiger partial charge in [-0.25, -0.2) is 4.79 Å². The lowest BCUT2D eigenvalue weighted by Gasteiger charge is -2.14. The van der Waals surface area contributed by atoms with E-state index in [2.05, 4.69) is 15.5 Å². The molecule has 3 rings (SSSR count). The predicted molar refractivity (Wildman–Crippen MR) is 91.6 cm³/mol. The lowest BCUT2D eigenvalue weighted by atomic mass is 10.1. The molecule has 1 aromatic carbocycles. The van der Waals surface area contributed by atoms with E-state index in [1.807, 2.05) is 13.0 Å². The Bertz CT molecular complexity index is 976. The Labute approximate surface area is 143 Å². The molecule has 0 aliphatic carbocycles. The number of anilines is 1. The molecule has 25 heavy (non-hydrogen) atoms. The maximum atomic E-state index is 12.2. The monoisotopic (exact) mass is 342 g/mol. The highest BCUT2D eigenvalue weighted by Gasteiger charge is 2.17. The van der Waals surface area contributed by atoms with Crippen LogP contribution in [0.4, 0.5) is 5.82 Å². The van der Waals surface area contributed by atoms with Crippen molar-refractivity contribution in [3.63, 3.8) is 0 Å². The van der Waals surface area contributed by atoms with Gasteiger partial charge in [0.05, 0.1) is 6.20 Å². The number of aromatic nitrogens is 3. The van der Waals surface area contributed by atoms with Crippen molar-refractivity contribution in [2.45, 2.75) is 26.4 Å². The molecule has 0 fully saturated rings. The molecule has 1 unspecified atom stereocenters. The summed E-state index contributed by atoms with van der Waals surface area (Å²) >= 11 is 0. The summed E-state index contributed by atoms with van der Waals surface area (Å²) in [6.07, 6.45) is 1.40. The Hall–Kier alpha value is -3.16. The van der Waals surface area contributed by atoms with Crippen LogP contribution in [0, 0.1) is 0 Å². The van der Waals surface area contributed by atoms with Crippen LogP contribution in [0.25, 0.3) is 11.0 Å². The minimum Gasteiger partial charge on any atom is -0.481 e. The van der Waals surface area contributed by atoms with Crippen molar-refractivity contribution < 1.29 is 13.9 Å². The molecule has 130 valence electrons. The second-order valence-electron chi connectivity index (χ2n) is 5.57. The molecule has 0 bridgehead atoms. The topological polar surface area (TPSA) is 99.2 Å². The van der Waals surface area contributed by atoms with Crippen LogP contribution < -0.4 is 15.7 Å². The van der Waals surface area contributed by atoms with Crippen molar-refractivity contribution in [1.82, 2.24) is 15.0 Å². The lowest BCUT2D eigenvalue weighted by Crippen LogP contribution is -2.30. The molecule has 8 heteroatoms. The first-order valence-electron chi connectivity index (χ1n) is 7.87. The van der Waals surface area contributed by atoms with E-state index in [4.69, 9.17) is 9.15 Å². The zero-order valence-electron chi connectivity index (χ0n) is 14.1. The predicted octanol–water partition coefficient (Wildman–Crippen LogP) is 1.89. The number of fused-ring (bicyclic) bond motifs is 1.